The summed E-state index contributed by atoms with van der Waals surface area (Å²) < 4.78 is 51.4. The van der Waals surface area contributed by atoms with E-state index in [9.17, 15) is 22.0 Å². The van der Waals surface area contributed by atoms with Crippen molar-refractivity contribution in [2.24, 2.45) is 0 Å². The monoisotopic (exact) mass is 407 g/mol. The van der Waals surface area contributed by atoms with Crippen molar-refractivity contribution in [3.63, 3.8) is 0 Å². The van der Waals surface area contributed by atoms with Crippen LogP contribution in [0.1, 0.15) is 50.3 Å². The molecule has 1 aliphatic carbocycles. The molecule has 2 aromatic rings. The van der Waals surface area contributed by atoms with Gasteiger partial charge in [-0.25, -0.2) is 17.2 Å². The summed E-state index contributed by atoms with van der Waals surface area (Å²) >= 11 is 0. The molecule has 1 fully saturated rings. The molecule has 1 amide bonds. The van der Waals surface area contributed by atoms with Crippen LogP contribution in [0.2, 0.25) is 0 Å². The van der Waals surface area contributed by atoms with Crippen LogP contribution in [0, 0.1) is 11.6 Å². The van der Waals surface area contributed by atoms with Gasteiger partial charge in [-0.2, -0.15) is 0 Å². The van der Waals surface area contributed by atoms with Gasteiger partial charge in [-0.15, -0.1) is 0 Å². The zero-order valence-electron chi connectivity index (χ0n) is 15.8. The molecule has 1 unspecified atom stereocenters. The Labute approximate surface area is 163 Å². The Morgan fingerprint density at radius 1 is 1.14 bits per heavy atom. The highest BCUT2D eigenvalue weighted by Gasteiger charge is 2.47. The van der Waals surface area contributed by atoms with Crippen LogP contribution in [0.15, 0.2) is 47.4 Å². The van der Waals surface area contributed by atoms with Crippen molar-refractivity contribution in [2.75, 3.05) is 5.75 Å². The zero-order valence-corrected chi connectivity index (χ0v) is 16.7. The van der Waals surface area contributed by atoms with Crippen molar-refractivity contribution < 1.29 is 22.0 Å². The van der Waals surface area contributed by atoms with Crippen molar-refractivity contribution in [1.82, 2.24) is 5.32 Å². The second kappa shape index (κ2) is 7.62. The van der Waals surface area contributed by atoms with Gasteiger partial charge in [-0.1, -0.05) is 31.5 Å². The van der Waals surface area contributed by atoms with E-state index in [0.717, 1.165) is 18.1 Å². The van der Waals surface area contributed by atoms with Gasteiger partial charge in [-0.3, -0.25) is 4.79 Å². The second-order valence-electron chi connectivity index (χ2n) is 7.23. The van der Waals surface area contributed by atoms with Crippen LogP contribution < -0.4 is 5.32 Å². The Bertz CT molecular complexity index is 983. The summed E-state index contributed by atoms with van der Waals surface area (Å²) in [5, 5.41) is 2.90. The molecule has 1 N–H and O–H groups in total. The largest absolute Gasteiger partial charge is 0.349 e. The normalized spacial score (nSPS) is 16.9. The van der Waals surface area contributed by atoms with E-state index < -0.39 is 26.9 Å². The summed E-state index contributed by atoms with van der Waals surface area (Å²) in [5.41, 5.74) is -0.0240. The lowest BCUT2D eigenvalue weighted by Gasteiger charge is -2.41. The van der Waals surface area contributed by atoms with E-state index in [1.807, 2.05) is 0 Å². The Kier molecular flexibility index (Phi) is 5.57. The van der Waals surface area contributed by atoms with Gasteiger partial charge in [0.05, 0.1) is 22.1 Å². The van der Waals surface area contributed by atoms with Gasteiger partial charge < -0.3 is 5.32 Å². The average molecular weight is 407 g/mol. The molecular formula is C21H23F2NO3S. The van der Waals surface area contributed by atoms with Gasteiger partial charge >= 0.3 is 0 Å². The zero-order chi connectivity index (χ0) is 20.5. The second-order valence-corrected chi connectivity index (χ2v) is 9.51. The lowest BCUT2D eigenvalue weighted by Crippen LogP contribution is -2.50. The molecule has 0 aliphatic heterocycles. The van der Waals surface area contributed by atoms with Gasteiger partial charge in [0, 0.05) is 11.6 Å². The van der Waals surface area contributed by atoms with E-state index in [0.29, 0.717) is 12.8 Å². The number of hydrogen-bond acceptors (Lipinski definition) is 3. The summed E-state index contributed by atoms with van der Waals surface area (Å²) in [4.78, 5) is 13.2. The molecule has 0 radical (unpaired) electrons. The summed E-state index contributed by atoms with van der Waals surface area (Å²) in [5.74, 6) is -1.67. The third kappa shape index (κ3) is 3.68. The molecule has 1 saturated carbocycles. The Morgan fingerprint density at radius 2 is 1.79 bits per heavy atom. The van der Waals surface area contributed by atoms with Crippen LogP contribution >= 0.6 is 0 Å². The number of benzene rings is 2. The van der Waals surface area contributed by atoms with E-state index >= 15 is 0 Å². The molecule has 4 nitrogen and oxygen atoms in total. The molecule has 0 heterocycles. The number of nitrogens with one attached hydrogen (secondary N) is 1. The van der Waals surface area contributed by atoms with Crippen molar-refractivity contribution in [1.29, 1.82) is 0 Å². The van der Waals surface area contributed by atoms with Crippen LogP contribution in [0.25, 0.3) is 0 Å². The maximum Gasteiger partial charge on any atom is 0.231 e. The predicted octanol–water partition coefficient (Wildman–Crippen LogP) is 4.06. The van der Waals surface area contributed by atoms with Crippen LogP contribution in [0.4, 0.5) is 8.78 Å². The van der Waals surface area contributed by atoms with E-state index in [1.165, 1.54) is 24.3 Å². The number of amides is 1. The van der Waals surface area contributed by atoms with E-state index in [1.54, 1.807) is 26.0 Å². The topological polar surface area (TPSA) is 63.2 Å². The molecule has 0 aromatic heterocycles. The first-order valence-electron chi connectivity index (χ1n) is 9.29. The third-order valence-electron chi connectivity index (χ3n) is 5.56. The number of hydrogen-bond donors (Lipinski definition) is 1. The fourth-order valence-electron chi connectivity index (χ4n) is 3.58. The fraction of sp³-hybridized carbons (Fsp3) is 0.381. The highest BCUT2D eigenvalue weighted by atomic mass is 32.2. The molecule has 2 aromatic carbocycles. The van der Waals surface area contributed by atoms with E-state index in [4.69, 9.17) is 0 Å². The number of sulfone groups is 1. The maximum absolute atomic E-state index is 14.3. The van der Waals surface area contributed by atoms with Gasteiger partial charge in [0.25, 0.3) is 0 Å². The molecule has 7 heteroatoms. The first-order chi connectivity index (χ1) is 13.2. The molecule has 150 valence electrons. The summed E-state index contributed by atoms with van der Waals surface area (Å²) in [6.45, 7) is 3.37. The minimum atomic E-state index is -3.29. The quantitative estimate of drug-likeness (QED) is 0.786. The van der Waals surface area contributed by atoms with Gasteiger partial charge in [0.15, 0.2) is 9.84 Å². The minimum Gasteiger partial charge on any atom is -0.349 e. The summed E-state index contributed by atoms with van der Waals surface area (Å²) in [7, 11) is -3.29. The fourth-order valence-corrected chi connectivity index (χ4v) is 4.46. The number of rotatable bonds is 6. The lowest BCUT2D eigenvalue weighted by atomic mass is 9.63. The van der Waals surface area contributed by atoms with Crippen LogP contribution in [-0.4, -0.2) is 20.1 Å². The van der Waals surface area contributed by atoms with Crippen molar-refractivity contribution in [3.8, 4) is 0 Å². The minimum absolute atomic E-state index is 0.0182. The maximum atomic E-state index is 14.3. The number of halogens is 2. The molecule has 1 atom stereocenters. The van der Waals surface area contributed by atoms with E-state index in [-0.39, 0.29) is 28.2 Å². The Morgan fingerprint density at radius 3 is 2.29 bits per heavy atom. The third-order valence-corrected chi connectivity index (χ3v) is 7.31. The summed E-state index contributed by atoms with van der Waals surface area (Å²) in [6, 6.07) is 9.32. The van der Waals surface area contributed by atoms with Crippen molar-refractivity contribution in [3.05, 3.63) is 65.2 Å². The molecular weight excluding hydrogens is 384 g/mol. The van der Waals surface area contributed by atoms with E-state index in [2.05, 4.69) is 5.32 Å². The molecule has 0 bridgehead atoms. The number of carbonyl (C=O) groups is 1. The Hall–Kier alpha value is -2.28. The Balaban J connectivity index is 1.79. The molecule has 0 saturated heterocycles. The average Bonchev–Trinajstić information content (AvgIpc) is 2.62. The van der Waals surface area contributed by atoms with Crippen LogP contribution in [0.5, 0.6) is 0 Å². The van der Waals surface area contributed by atoms with Gasteiger partial charge in [0.1, 0.15) is 11.6 Å². The van der Waals surface area contributed by atoms with Gasteiger partial charge in [0.2, 0.25) is 5.91 Å². The predicted molar refractivity (Wildman–Crippen MR) is 103 cm³/mol. The molecule has 0 spiro atoms. The highest BCUT2D eigenvalue weighted by Crippen LogP contribution is 2.45. The smallest absolute Gasteiger partial charge is 0.231 e. The van der Waals surface area contributed by atoms with Crippen molar-refractivity contribution in [2.45, 2.75) is 49.5 Å². The molecule has 1 aliphatic rings. The number of carbonyl (C=O) groups excluding carboxylic acids is 1. The SMILES string of the molecule is CCS(=O)(=O)c1ccc(C(C)NC(=O)C2(c3ccc(F)cc3F)CCC2)cc1. The molecule has 3 rings (SSSR count). The first kappa shape index (κ1) is 20.5. The van der Waals surface area contributed by atoms with Gasteiger partial charge in [-0.05, 0) is 43.5 Å². The van der Waals surface area contributed by atoms with Crippen molar-refractivity contribution >= 4 is 15.7 Å². The standard InChI is InChI=1S/C21H23F2NO3S/c1-3-28(26,27)17-8-5-15(6-9-17)14(2)24-20(25)21(11-4-12-21)18-10-7-16(22)13-19(18)23/h5-10,13-14H,3-4,11-12H2,1-2H3,(H,24,25). The van der Waals surface area contributed by atoms with Crippen LogP contribution in [0.3, 0.4) is 0 Å². The lowest BCUT2D eigenvalue weighted by molar-refractivity contribution is -0.130. The first-order valence-corrected chi connectivity index (χ1v) is 10.9. The molecule has 28 heavy (non-hydrogen) atoms. The van der Waals surface area contributed by atoms with Crippen LogP contribution in [-0.2, 0) is 20.0 Å². The highest BCUT2D eigenvalue weighted by molar-refractivity contribution is 7.91. The summed E-state index contributed by atoms with van der Waals surface area (Å²) in [6.07, 6.45) is 1.80.